The van der Waals surface area contributed by atoms with Crippen LogP contribution in [0.3, 0.4) is 0 Å². The van der Waals surface area contributed by atoms with Crippen LogP contribution in [0.4, 0.5) is 0 Å². The summed E-state index contributed by atoms with van der Waals surface area (Å²) in [7, 11) is -3.70. The van der Waals surface area contributed by atoms with Crippen molar-refractivity contribution in [3.63, 3.8) is 0 Å². The molecule has 1 amide bonds. The lowest BCUT2D eigenvalue weighted by molar-refractivity contribution is -0.123. The first-order valence-corrected chi connectivity index (χ1v) is 9.57. The predicted octanol–water partition coefficient (Wildman–Crippen LogP) is 1.00. The van der Waals surface area contributed by atoms with Crippen molar-refractivity contribution in [2.24, 2.45) is 0 Å². The molecule has 0 aliphatic carbocycles. The third-order valence-corrected chi connectivity index (χ3v) is 5.76. The van der Waals surface area contributed by atoms with E-state index in [0.717, 1.165) is 12.8 Å². The van der Waals surface area contributed by atoms with E-state index in [0.29, 0.717) is 26.1 Å². The first-order valence-electron chi connectivity index (χ1n) is 7.75. The van der Waals surface area contributed by atoms with Gasteiger partial charge in [0.1, 0.15) is 10.6 Å². The maximum atomic E-state index is 12.7. The number of hydrogen-bond acceptors (Lipinski definition) is 5. The molecule has 0 aromatic heterocycles. The Morgan fingerprint density at radius 2 is 2.04 bits per heavy atom. The Bertz CT molecular complexity index is 674. The average molecular weight is 377 g/mol. The molecule has 1 saturated heterocycles. The number of ether oxygens (including phenoxy) is 1. The molecule has 1 heterocycles. The lowest BCUT2D eigenvalue weighted by Crippen LogP contribution is -2.31. The number of aliphatic hydroxyl groups is 1. The molecule has 1 fully saturated rings. The minimum absolute atomic E-state index is 0.0173. The second-order valence-corrected chi connectivity index (χ2v) is 7.76. The minimum atomic E-state index is -3.70. The van der Waals surface area contributed by atoms with Crippen LogP contribution in [-0.2, 0) is 14.8 Å². The smallest absolute Gasteiger partial charge is 0.257 e. The van der Waals surface area contributed by atoms with Gasteiger partial charge in [-0.2, -0.15) is 4.31 Å². The third-order valence-electron chi connectivity index (χ3n) is 3.60. The summed E-state index contributed by atoms with van der Waals surface area (Å²) >= 11 is 5.94. The van der Waals surface area contributed by atoms with Gasteiger partial charge in [0.15, 0.2) is 6.61 Å². The van der Waals surface area contributed by atoms with Crippen molar-refractivity contribution in [2.75, 3.05) is 32.8 Å². The summed E-state index contributed by atoms with van der Waals surface area (Å²) in [6.45, 7) is 0.941. The topological polar surface area (TPSA) is 95.9 Å². The molecule has 2 rings (SSSR count). The van der Waals surface area contributed by atoms with E-state index >= 15 is 0 Å². The molecule has 0 bridgehead atoms. The number of sulfonamides is 1. The van der Waals surface area contributed by atoms with Crippen LogP contribution in [0, 0.1) is 0 Å². The van der Waals surface area contributed by atoms with Gasteiger partial charge in [-0.15, -0.1) is 0 Å². The highest BCUT2D eigenvalue weighted by molar-refractivity contribution is 7.89. The molecule has 2 N–H and O–H groups in total. The SMILES string of the molecule is O=C(COc1ccc(Cl)cc1S(=O)(=O)N1CCCC1)NCCCO. The molecular formula is C15H21ClN2O5S. The normalized spacial score (nSPS) is 15.4. The van der Waals surface area contributed by atoms with Gasteiger partial charge in [0, 0.05) is 31.3 Å². The fourth-order valence-electron chi connectivity index (χ4n) is 2.37. The highest BCUT2D eigenvalue weighted by Gasteiger charge is 2.30. The minimum Gasteiger partial charge on any atom is -0.482 e. The summed E-state index contributed by atoms with van der Waals surface area (Å²) in [5.41, 5.74) is 0. The molecule has 134 valence electrons. The highest BCUT2D eigenvalue weighted by Crippen LogP contribution is 2.31. The molecule has 1 aliphatic rings. The van der Waals surface area contributed by atoms with Crippen LogP contribution >= 0.6 is 11.6 Å². The Morgan fingerprint density at radius 1 is 1.33 bits per heavy atom. The first kappa shape index (κ1) is 19.0. The first-order chi connectivity index (χ1) is 11.4. The summed E-state index contributed by atoms with van der Waals surface area (Å²) < 4.78 is 32.2. The number of rotatable bonds is 8. The summed E-state index contributed by atoms with van der Waals surface area (Å²) in [5.74, 6) is -0.286. The van der Waals surface area contributed by atoms with Crippen molar-refractivity contribution in [2.45, 2.75) is 24.2 Å². The zero-order chi connectivity index (χ0) is 17.6. The van der Waals surface area contributed by atoms with Gasteiger partial charge in [-0.05, 0) is 37.5 Å². The number of nitrogens with zero attached hydrogens (tertiary/aromatic N) is 1. The summed E-state index contributed by atoms with van der Waals surface area (Å²) in [6.07, 6.45) is 2.09. The van der Waals surface area contributed by atoms with Gasteiger partial charge in [-0.3, -0.25) is 4.79 Å². The Balaban J connectivity index is 2.11. The number of hydrogen-bond donors (Lipinski definition) is 2. The Labute approximate surface area is 146 Å². The van der Waals surface area contributed by atoms with E-state index in [2.05, 4.69) is 5.32 Å². The van der Waals surface area contributed by atoms with Gasteiger partial charge < -0.3 is 15.2 Å². The molecule has 0 saturated carbocycles. The number of carbonyl (C=O) groups excluding carboxylic acids is 1. The van der Waals surface area contributed by atoms with Gasteiger partial charge in [-0.1, -0.05) is 11.6 Å². The van der Waals surface area contributed by atoms with Crippen LogP contribution in [0.2, 0.25) is 5.02 Å². The monoisotopic (exact) mass is 376 g/mol. The zero-order valence-electron chi connectivity index (χ0n) is 13.2. The number of benzene rings is 1. The number of aliphatic hydroxyl groups excluding tert-OH is 1. The molecule has 1 aromatic carbocycles. The fraction of sp³-hybridized carbons (Fsp3) is 0.533. The Kier molecular flexibility index (Phi) is 6.85. The average Bonchev–Trinajstić information content (AvgIpc) is 3.09. The second-order valence-electron chi connectivity index (χ2n) is 5.42. The molecule has 0 radical (unpaired) electrons. The van der Waals surface area contributed by atoms with Gasteiger partial charge in [0.25, 0.3) is 5.91 Å². The number of halogens is 1. The van der Waals surface area contributed by atoms with Gasteiger partial charge >= 0.3 is 0 Å². The van der Waals surface area contributed by atoms with Crippen molar-refractivity contribution < 1.29 is 23.1 Å². The van der Waals surface area contributed by atoms with Crippen molar-refractivity contribution >= 4 is 27.5 Å². The van der Waals surface area contributed by atoms with E-state index in [1.807, 2.05) is 0 Å². The van der Waals surface area contributed by atoms with Crippen molar-refractivity contribution in [1.82, 2.24) is 9.62 Å². The molecule has 9 heteroatoms. The molecule has 7 nitrogen and oxygen atoms in total. The Hall–Kier alpha value is -1.35. The lowest BCUT2D eigenvalue weighted by Gasteiger charge is -2.18. The van der Waals surface area contributed by atoms with E-state index in [-0.39, 0.29) is 34.8 Å². The van der Waals surface area contributed by atoms with Crippen molar-refractivity contribution in [3.8, 4) is 5.75 Å². The quantitative estimate of drug-likeness (QED) is 0.660. The standard InChI is InChI=1S/C15H21ClN2O5S/c16-12-4-5-13(23-11-15(20)17-6-3-9-19)14(10-12)24(21,22)18-7-1-2-8-18/h4-5,10,19H,1-3,6-9,11H2,(H,17,20). The molecule has 0 unspecified atom stereocenters. The molecule has 1 aliphatic heterocycles. The van der Waals surface area contributed by atoms with Gasteiger partial charge in [0.05, 0.1) is 0 Å². The zero-order valence-corrected chi connectivity index (χ0v) is 14.8. The van der Waals surface area contributed by atoms with Crippen molar-refractivity contribution in [3.05, 3.63) is 23.2 Å². The Morgan fingerprint density at radius 3 is 2.71 bits per heavy atom. The molecule has 0 atom stereocenters. The highest BCUT2D eigenvalue weighted by atomic mass is 35.5. The van der Waals surface area contributed by atoms with E-state index in [1.165, 1.54) is 22.5 Å². The number of amides is 1. The van der Waals surface area contributed by atoms with Crippen LogP contribution in [0.25, 0.3) is 0 Å². The van der Waals surface area contributed by atoms with Crippen LogP contribution in [-0.4, -0.2) is 56.6 Å². The summed E-state index contributed by atoms with van der Waals surface area (Å²) in [4.78, 5) is 11.6. The summed E-state index contributed by atoms with van der Waals surface area (Å²) in [5, 5.41) is 11.5. The molecular weight excluding hydrogens is 356 g/mol. The fourth-order valence-corrected chi connectivity index (χ4v) is 4.28. The molecule has 1 aromatic rings. The molecule has 0 spiro atoms. The maximum Gasteiger partial charge on any atom is 0.257 e. The van der Waals surface area contributed by atoms with E-state index in [9.17, 15) is 13.2 Å². The summed E-state index contributed by atoms with van der Waals surface area (Å²) in [6, 6.07) is 4.31. The van der Waals surface area contributed by atoms with Crippen LogP contribution < -0.4 is 10.1 Å². The van der Waals surface area contributed by atoms with E-state index < -0.39 is 10.0 Å². The van der Waals surface area contributed by atoms with Crippen LogP contribution in [0.1, 0.15) is 19.3 Å². The van der Waals surface area contributed by atoms with E-state index in [4.69, 9.17) is 21.4 Å². The number of carbonyl (C=O) groups is 1. The third kappa shape index (κ3) is 4.83. The van der Waals surface area contributed by atoms with E-state index in [1.54, 1.807) is 0 Å². The number of nitrogens with one attached hydrogen (secondary N) is 1. The van der Waals surface area contributed by atoms with Crippen molar-refractivity contribution in [1.29, 1.82) is 0 Å². The van der Waals surface area contributed by atoms with Gasteiger partial charge in [0.2, 0.25) is 10.0 Å². The van der Waals surface area contributed by atoms with Gasteiger partial charge in [-0.25, -0.2) is 8.42 Å². The second kappa shape index (κ2) is 8.66. The van der Waals surface area contributed by atoms with Crippen LogP contribution in [0.15, 0.2) is 23.1 Å². The largest absolute Gasteiger partial charge is 0.482 e. The molecule has 24 heavy (non-hydrogen) atoms. The van der Waals surface area contributed by atoms with Crippen LogP contribution in [0.5, 0.6) is 5.75 Å². The maximum absolute atomic E-state index is 12.7. The lowest BCUT2D eigenvalue weighted by atomic mass is 10.3. The predicted molar refractivity (Wildman–Crippen MR) is 89.7 cm³/mol.